The van der Waals surface area contributed by atoms with Crippen LogP contribution < -0.4 is 5.73 Å². The summed E-state index contributed by atoms with van der Waals surface area (Å²) in [5, 5.41) is 0. The summed E-state index contributed by atoms with van der Waals surface area (Å²) in [5.41, 5.74) is 3.71. The number of carbonyl (C=O) groups is 2. The average molecular weight is 399 g/mol. The third kappa shape index (κ3) is 6.37. The van der Waals surface area contributed by atoms with Crippen molar-refractivity contribution in [2.75, 3.05) is 20.6 Å². The molecule has 2 rings (SSSR count). The molecule has 0 saturated heterocycles. The van der Waals surface area contributed by atoms with Crippen LogP contribution in [0.15, 0.2) is 36.9 Å². The van der Waals surface area contributed by atoms with Crippen LogP contribution in [0.25, 0.3) is 0 Å². The standard InChI is InChI=1S/C19H25F3N2O.CH3NO/c1-4-13-23(2)16-7-5-6-8-17(16)24(3)18(25)14-9-11-15(12-10-14)19(20,21)22;2-1-3/h4,9-12,16-17H,1,5-8,13H2,2-3H3;1H,(H2,2,3)/t16-,17-;/m1./s1. The number of amides is 2. The molecule has 0 aromatic heterocycles. The molecule has 0 heterocycles. The number of nitrogens with two attached hydrogens (primary N) is 1. The summed E-state index contributed by atoms with van der Waals surface area (Å²) in [6.07, 6.45) is 1.76. The minimum absolute atomic E-state index is 0.0495. The van der Waals surface area contributed by atoms with Gasteiger partial charge in [0.05, 0.1) is 5.56 Å². The minimum Gasteiger partial charge on any atom is -0.372 e. The monoisotopic (exact) mass is 399 g/mol. The van der Waals surface area contributed by atoms with Crippen LogP contribution >= 0.6 is 0 Å². The van der Waals surface area contributed by atoms with E-state index in [2.05, 4.69) is 17.2 Å². The number of likely N-dealkylation sites (N-methyl/N-ethyl adjacent to an activating group) is 2. The van der Waals surface area contributed by atoms with Crippen molar-refractivity contribution in [1.82, 2.24) is 9.80 Å². The van der Waals surface area contributed by atoms with Crippen LogP contribution in [0, 0.1) is 0 Å². The van der Waals surface area contributed by atoms with Crippen LogP contribution in [0.4, 0.5) is 13.2 Å². The molecule has 1 fully saturated rings. The van der Waals surface area contributed by atoms with E-state index in [1.165, 1.54) is 12.1 Å². The Hall–Kier alpha value is -2.35. The number of hydrogen-bond acceptors (Lipinski definition) is 3. The molecule has 8 heteroatoms. The van der Waals surface area contributed by atoms with Crippen molar-refractivity contribution in [3.63, 3.8) is 0 Å². The molecule has 0 spiro atoms. The highest BCUT2D eigenvalue weighted by atomic mass is 19.4. The fraction of sp³-hybridized carbons (Fsp3) is 0.500. The van der Waals surface area contributed by atoms with Gasteiger partial charge in [-0.15, -0.1) is 6.58 Å². The van der Waals surface area contributed by atoms with Gasteiger partial charge >= 0.3 is 6.18 Å². The highest BCUT2D eigenvalue weighted by Gasteiger charge is 2.34. The molecule has 1 aromatic carbocycles. The average Bonchev–Trinajstić information content (AvgIpc) is 2.67. The highest BCUT2D eigenvalue weighted by molar-refractivity contribution is 5.94. The summed E-state index contributed by atoms with van der Waals surface area (Å²) in [4.78, 5) is 25.2. The van der Waals surface area contributed by atoms with Crippen LogP contribution in [0.2, 0.25) is 0 Å². The van der Waals surface area contributed by atoms with Gasteiger partial charge in [-0.3, -0.25) is 14.5 Å². The van der Waals surface area contributed by atoms with E-state index in [0.717, 1.165) is 44.4 Å². The van der Waals surface area contributed by atoms with Gasteiger partial charge in [-0.05, 0) is 44.2 Å². The molecule has 0 unspecified atom stereocenters. The zero-order valence-electron chi connectivity index (χ0n) is 16.3. The van der Waals surface area contributed by atoms with E-state index in [1.807, 2.05) is 13.1 Å². The fourth-order valence-corrected chi connectivity index (χ4v) is 3.55. The van der Waals surface area contributed by atoms with Crippen molar-refractivity contribution in [1.29, 1.82) is 0 Å². The number of primary amides is 1. The van der Waals surface area contributed by atoms with Crippen LogP contribution in [0.3, 0.4) is 0 Å². The summed E-state index contributed by atoms with van der Waals surface area (Å²) in [5.74, 6) is -0.238. The summed E-state index contributed by atoms with van der Waals surface area (Å²) < 4.78 is 38.0. The molecule has 1 aliphatic rings. The van der Waals surface area contributed by atoms with E-state index < -0.39 is 11.7 Å². The van der Waals surface area contributed by atoms with Gasteiger partial charge < -0.3 is 10.6 Å². The molecular formula is C20H28F3N3O2. The number of rotatable bonds is 5. The van der Waals surface area contributed by atoms with Crippen molar-refractivity contribution < 1.29 is 22.8 Å². The zero-order chi connectivity index (χ0) is 21.3. The smallest absolute Gasteiger partial charge is 0.372 e. The molecule has 0 bridgehead atoms. The molecule has 28 heavy (non-hydrogen) atoms. The van der Waals surface area contributed by atoms with E-state index in [1.54, 1.807) is 11.9 Å². The second-order valence-electron chi connectivity index (χ2n) is 6.77. The van der Waals surface area contributed by atoms with E-state index in [9.17, 15) is 18.0 Å². The summed E-state index contributed by atoms with van der Waals surface area (Å²) in [6, 6.07) is 4.72. The first-order valence-corrected chi connectivity index (χ1v) is 9.08. The molecule has 1 saturated carbocycles. The lowest BCUT2D eigenvalue weighted by atomic mass is 9.88. The number of nitrogens with zero attached hydrogens (tertiary/aromatic N) is 2. The summed E-state index contributed by atoms with van der Waals surface area (Å²) >= 11 is 0. The molecule has 1 aliphatic carbocycles. The maximum atomic E-state index is 12.7. The third-order valence-corrected chi connectivity index (χ3v) is 4.95. The summed E-state index contributed by atoms with van der Waals surface area (Å²) in [6.45, 7) is 4.50. The number of hydrogen-bond donors (Lipinski definition) is 1. The number of benzene rings is 1. The van der Waals surface area contributed by atoms with E-state index >= 15 is 0 Å². The Labute approximate surface area is 164 Å². The van der Waals surface area contributed by atoms with Gasteiger partial charge in [-0.25, -0.2) is 0 Å². The fourth-order valence-electron chi connectivity index (χ4n) is 3.55. The molecule has 2 atom stereocenters. The Bertz CT molecular complexity index is 647. The molecule has 0 aliphatic heterocycles. The first-order chi connectivity index (χ1) is 13.2. The van der Waals surface area contributed by atoms with Gasteiger partial charge in [-0.1, -0.05) is 18.9 Å². The van der Waals surface area contributed by atoms with Crippen molar-refractivity contribution in [2.45, 2.75) is 43.9 Å². The molecule has 5 nitrogen and oxygen atoms in total. The maximum Gasteiger partial charge on any atom is 0.416 e. The number of halogens is 3. The van der Waals surface area contributed by atoms with Crippen LogP contribution in [0.5, 0.6) is 0 Å². The van der Waals surface area contributed by atoms with Crippen molar-refractivity contribution in [2.24, 2.45) is 5.73 Å². The molecule has 0 radical (unpaired) electrons. The Morgan fingerprint density at radius 2 is 1.68 bits per heavy atom. The second-order valence-corrected chi connectivity index (χ2v) is 6.77. The SMILES string of the molecule is C=CCN(C)[C@@H]1CCCC[C@H]1N(C)C(=O)c1ccc(C(F)(F)F)cc1.NC=O. The zero-order valence-corrected chi connectivity index (χ0v) is 16.3. The van der Waals surface area contributed by atoms with Gasteiger partial charge in [0.25, 0.3) is 5.91 Å². The highest BCUT2D eigenvalue weighted by Crippen LogP contribution is 2.30. The maximum absolute atomic E-state index is 12.7. The quantitative estimate of drug-likeness (QED) is 0.610. The Kier molecular flexibility index (Phi) is 9.18. The minimum atomic E-state index is -4.39. The van der Waals surface area contributed by atoms with Gasteiger partial charge in [-0.2, -0.15) is 13.2 Å². The van der Waals surface area contributed by atoms with Gasteiger partial charge in [0.15, 0.2) is 0 Å². The predicted molar refractivity (Wildman–Crippen MR) is 103 cm³/mol. The molecular weight excluding hydrogens is 371 g/mol. The van der Waals surface area contributed by atoms with Crippen LogP contribution in [0.1, 0.15) is 41.6 Å². The third-order valence-electron chi connectivity index (χ3n) is 4.95. The first-order valence-electron chi connectivity index (χ1n) is 9.08. The Morgan fingerprint density at radius 1 is 1.18 bits per heavy atom. The van der Waals surface area contributed by atoms with Gasteiger partial charge in [0.1, 0.15) is 0 Å². The molecule has 1 aromatic rings. The second kappa shape index (κ2) is 10.8. The Balaban J connectivity index is 0.00000122. The van der Waals surface area contributed by atoms with E-state index in [4.69, 9.17) is 4.79 Å². The lowest BCUT2D eigenvalue weighted by Crippen LogP contribution is -2.52. The largest absolute Gasteiger partial charge is 0.416 e. The lowest BCUT2D eigenvalue weighted by molar-refractivity contribution is -0.137. The number of alkyl halides is 3. The van der Waals surface area contributed by atoms with Crippen molar-refractivity contribution >= 4 is 12.3 Å². The van der Waals surface area contributed by atoms with Crippen molar-refractivity contribution in [3.05, 3.63) is 48.0 Å². The first kappa shape index (κ1) is 23.7. The topological polar surface area (TPSA) is 66.6 Å². The normalized spacial score (nSPS) is 19.4. The van der Waals surface area contributed by atoms with Crippen molar-refractivity contribution in [3.8, 4) is 0 Å². The van der Waals surface area contributed by atoms with Crippen LogP contribution in [-0.4, -0.2) is 54.8 Å². The lowest BCUT2D eigenvalue weighted by Gasteiger charge is -2.42. The molecule has 156 valence electrons. The Morgan fingerprint density at radius 3 is 2.14 bits per heavy atom. The van der Waals surface area contributed by atoms with E-state index in [0.29, 0.717) is 0 Å². The molecule has 2 N–H and O–H groups in total. The van der Waals surface area contributed by atoms with Crippen LogP contribution in [-0.2, 0) is 11.0 Å². The summed E-state index contributed by atoms with van der Waals surface area (Å²) in [7, 11) is 3.76. The molecule has 2 amide bonds. The van der Waals surface area contributed by atoms with Gasteiger partial charge in [0, 0.05) is 31.2 Å². The van der Waals surface area contributed by atoms with Gasteiger partial charge in [0.2, 0.25) is 6.41 Å². The number of carbonyl (C=O) groups excluding carboxylic acids is 2. The van der Waals surface area contributed by atoms with E-state index in [-0.39, 0.29) is 30.0 Å². The predicted octanol–water partition coefficient (Wildman–Crippen LogP) is 3.31.